The van der Waals surface area contributed by atoms with Gasteiger partial charge < -0.3 is 4.74 Å². The van der Waals surface area contributed by atoms with Crippen molar-refractivity contribution < 1.29 is 17.5 Å². The Bertz CT molecular complexity index is 744. The molecule has 2 aromatic rings. The van der Waals surface area contributed by atoms with Gasteiger partial charge in [-0.2, -0.15) is 0 Å². The average Bonchev–Trinajstić information content (AvgIpc) is 2.45. The molecular formula is C15H16FNO3S. The maximum absolute atomic E-state index is 13.3. The minimum atomic E-state index is -3.85. The van der Waals surface area contributed by atoms with Crippen molar-refractivity contribution in [2.45, 2.75) is 18.4 Å². The lowest BCUT2D eigenvalue weighted by Crippen LogP contribution is -2.24. The Kier molecular flexibility index (Phi) is 4.59. The molecule has 0 heterocycles. The lowest BCUT2D eigenvalue weighted by atomic mass is 10.1. The predicted octanol–water partition coefficient (Wildman–Crippen LogP) is 2.62. The number of hydrogen-bond acceptors (Lipinski definition) is 3. The highest BCUT2D eigenvalue weighted by molar-refractivity contribution is 7.89. The van der Waals surface area contributed by atoms with E-state index in [-0.39, 0.29) is 17.2 Å². The van der Waals surface area contributed by atoms with Crippen LogP contribution in [-0.4, -0.2) is 15.5 Å². The van der Waals surface area contributed by atoms with E-state index in [0.29, 0.717) is 0 Å². The molecule has 0 aliphatic heterocycles. The third kappa shape index (κ3) is 3.80. The van der Waals surface area contributed by atoms with Crippen molar-refractivity contribution in [3.05, 3.63) is 59.4 Å². The smallest absolute Gasteiger partial charge is 0.244 e. The number of ether oxygens (including phenoxy) is 1. The molecule has 1 N–H and O–H groups in total. The molecule has 0 aromatic heterocycles. The zero-order valence-electron chi connectivity index (χ0n) is 11.8. The summed E-state index contributed by atoms with van der Waals surface area (Å²) in [4.78, 5) is -0.211. The molecule has 6 heteroatoms. The number of aryl methyl sites for hydroxylation is 1. The maximum Gasteiger partial charge on any atom is 0.244 e. The number of sulfonamides is 1. The van der Waals surface area contributed by atoms with Crippen LogP contribution in [-0.2, 0) is 16.6 Å². The van der Waals surface area contributed by atoms with E-state index in [1.165, 1.54) is 13.2 Å². The molecular weight excluding hydrogens is 293 g/mol. The first-order valence-electron chi connectivity index (χ1n) is 6.31. The van der Waals surface area contributed by atoms with Crippen molar-refractivity contribution in [2.75, 3.05) is 7.11 Å². The normalized spacial score (nSPS) is 11.4. The van der Waals surface area contributed by atoms with Crippen molar-refractivity contribution in [3.63, 3.8) is 0 Å². The van der Waals surface area contributed by atoms with Crippen LogP contribution in [0.4, 0.5) is 4.39 Å². The van der Waals surface area contributed by atoms with Crippen LogP contribution in [0.5, 0.6) is 5.75 Å². The maximum atomic E-state index is 13.3. The van der Waals surface area contributed by atoms with Gasteiger partial charge in [0, 0.05) is 6.54 Å². The molecule has 0 bridgehead atoms. The van der Waals surface area contributed by atoms with E-state index in [9.17, 15) is 12.8 Å². The van der Waals surface area contributed by atoms with Crippen molar-refractivity contribution in [1.29, 1.82) is 0 Å². The Morgan fingerprint density at radius 2 is 1.95 bits per heavy atom. The van der Waals surface area contributed by atoms with Crippen LogP contribution in [0.1, 0.15) is 11.1 Å². The van der Waals surface area contributed by atoms with Crippen LogP contribution in [0.3, 0.4) is 0 Å². The molecule has 0 saturated carbocycles. The van der Waals surface area contributed by atoms with Crippen LogP contribution in [0, 0.1) is 12.7 Å². The predicted molar refractivity (Wildman–Crippen MR) is 78.2 cm³/mol. The van der Waals surface area contributed by atoms with E-state index in [4.69, 9.17) is 4.74 Å². The van der Waals surface area contributed by atoms with Gasteiger partial charge in [-0.25, -0.2) is 17.5 Å². The molecule has 0 unspecified atom stereocenters. The summed E-state index contributed by atoms with van der Waals surface area (Å²) < 4.78 is 45.2. The van der Waals surface area contributed by atoms with E-state index in [1.54, 1.807) is 0 Å². The SMILES string of the molecule is COc1ccc(F)cc1S(=O)(=O)NCc1cccc(C)c1. The van der Waals surface area contributed by atoms with Gasteiger partial charge in [-0.15, -0.1) is 0 Å². The Morgan fingerprint density at radius 3 is 2.62 bits per heavy atom. The molecule has 112 valence electrons. The first kappa shape index (κ1) is 15.5. The van der Waals surface area contributed by atoms with E-state index >= 15 is 0 Å². The fourth-order valence-corrected chi connectivity index (χ4v) is 3.13. The first-order chi connectivity index (χ1) is 9.92. The van der Waals surface area contributed by atoms with Crippen molar-refractivity contribution >= 4 is 10.0 Å². The topological polar surface area (TPSA) is 55.4 Å². The van der Waals surface area contributed by atoms with Gasteiger partial charge in [0.05, 0.1) is 7.11 Å². The molecule has 0 aliphatic carbocycles. The second-order valence-electron chi connectivity index (χ2n) is 4.61. The Morgan fingerprint density at radius 1 is 1.19 bits per heavy atom. The molecule has 4 nitrogen and oxygen atoms in total. The zero-order valence-corrected chi connectivity index (χ0v) is 12.6. The highest BCUT2D eigenvalue weighted by Gasteiger charge is 2.20. The van der Waals surface area contributed by atoms with Crippen LogP contribution in [0.2, 0.25) is 0 Å². The van der Waals surface area contributed by atoms with E-state index in [0.717, 1.165) is 23.3 Å². The Balaban J connectivity index is 2.24. The first-order valence-corrected chi connectivity index (χ1v) is 7.79. The minimum Gasteiger partial charge on any atom is -0.495 e. The van der Waals surface area contributed by atoms with Gasteiger partial charge in [-0.1, -0.05) is 29.8 Å². The van der Waals surface area contributed by atoms with E-state index in [1.807, 2.05) is 31.2 Å². The molecule has 0 fully saturated rings. The van der Waals surface area contributed by atoms with Crippen molar-refractivity contribution in [1.82, 2.24) is 4.72 Å². The van der Waals surface area contributed by atoms with Crippen LogP contribution in [0.15, 0.2) is 47.4 Å². The third-order valence-corrected chi connectivity index (χ3v) is 4.39. The molecule has 2 aromatic carbocycles. The average molecular weight is 309 g/mol. The van der Waals surface area contributed by atoms with Gasteiger partial charge in [0.25, 0.3) is 0 Å². The number of hydrogen-bond donors (Lipinski definition) is 1. The third-order valence-electron chi connectivity index (χ3n) is 2.96. The largest absolute Gasteiger partial charge is 0.495 e. The number of methoxy groups -OCH3 is 1. The number of rotatable bonds is 5. The fourth-order valence-electron chi connectivity index (χ4n) is 1.94. The van der Waals surface area contributed by atoms with Crippen LogP contribution < -0.4 is 9.46 Å². The highest BCUT2D eigenvalue weighted by Crippen LogP contribution is 2.24. The monoisotopic (exact) mass is 309 g/mol. The molecule has 2 rings (SSSR count). The van der Waals surface area contributed by atoms with Crippen molar-refractivity contribution in [2.24, 2.45) is 0 Å². The molecule has 0 radical (unpaired) electrons. The quantitative estimate of drug-likeness (QED) is 0.923. The zero-order chi connectivity index (χ0) is 15.5. The summed E-state index contributed by atoms with van der Waals surface area (Å²) in [6, 6.07) is 10.9. The molecule has 21 heavy (non-hydrogen) atoms. The Hall–Kier alpha value is -1.92. The van der Waals surface area contributed by atoms with Gasteiger partial charge >= 0.3 is 0 Å². The van der Waals surface area contributed by atoms with Crippen molar-refractivity contribution in [3.8, 4) is 5.75 Å². The van der Waals surface area contributed by atoms with E-state index < -0.39 is 15.8 Å². The molecule has 0 spiro atoms. The van der Waals surface area contributed by atoms with Crippen LogP contribution in [0.25, 0.3) is 0 Å². The van der Waals surface area contributed by atoms with Gasteiger partial charge in [-0.05, 0) is 30.7 Å². The summed E-state index contributed by atoms with van der Waals surface area (Å²) in [5.41, 5.74) is 1.86. The van der Waals surface area contributed by atoms with Gasteiger partial charge in [0.15, 0.2) is 0 Å². The van der Waals surface area contributed by atoms with E-state index in [2.05, 4.69) is 4.72 Å². The Labute approximate surface area is 123 Å². The number of halogens is 1. The van der Waals surface area contributed by atoms with Gasteiger partial charge in [0.2, 0.25) is 10.0 Å². The molecule has 0 amide bonds. The second-order valence-corrected chi connectivity index (χ2v) is 6.34. The number of nitrogens with one attached hydrogen (secondary N) is 1. The summed E-state index contributed by atoms with van der Waals surface area (Å²) in [6.07, 6.45) is 0. The summed E-state index contributed by atoms with van der Waals surface area (Å²) in [5.74, 6) is -0.528. The minimum absolute atomic E-state index is 0.105. The van der Waals surface area contributed by atoms with Crippen LogP contribution >= 0.6 is 0 Å². The molecule has 0 atom stereocenters. The second kappa shape index (κ2) is 6.24. The summed E-state index contributed by atoms with van der Waals surface area (Å²) >= 11 is 0. The standard InChI is InChI=1S/C15H16FNO3S/c1-11-4-3-5-12(8-11)10-17-21(18,19)15-9-13(16)6-7-14(15)20-2/h3-9,17H,10H2,1-2H3. The summed E-state index contributed by atoms with van der Waals surface area (Å²) in [7, 11) is -2.51. The number of benzene rings is 2. The highest BCUT2D eigenvalue weighted by atomic mass is 32.2. The van der Waals surface area contributed by atoms with Gasteiger partial charge in [0.1, 0.15) is 16.5 Å². The lowest BCUT2D eigenvalue weighted by Gasteiger charge is -2.11. The fraction of sp³-hybridized carbons (Fsp3) is 0.200. The summed E-state index contributed by atoms with van der Waals surface area (Å²) in [5, 5.41) is 0. The van der Waals surface area contributed by atoms with Gasteiger partial charge in [-0.3, -0.25) is 0 Å². The lowest BCUT2D eigenvalue weighted by molar-refractivity contribution is 0.400. The molecule has 0 saturated heterocycles. The molecule has 0 aliphatic rings. The summed E-state index contributed by atoms with van der Waals surface area (Å²) in [6.45, 7) is 2.05.